The second kappa shape index (κ2) is 13.7. The molecule has 7 rings (SSSR count). The summed E-state index contributed by atoms with van der Waals surface area (Å²) < 4.78 is 2.67. The van der Waals surface area contributed by atoms with Gasteiger partial charge in [0.2, 0.25) is 16.6 Å². The van der Waals surface area contributed by atoms with Gasteiger partial charge in [-0.3, -0.25) is 9.59 Å². The van der Waals surface area contributed by atoms with Gasteiger partial charge in [0.25, 0.3) is 0 Å². The highest BCUT2D eigenvalue weighted by Crippen LogP contribution is 2.45. The number of hydrogen-bond acceptors (Lipinski definition) is 6. The summed E-state index contributed by atoms with van der Waals surface area (Å²) in [6, 6.07) is 6.31. The zero-order valence-electron chi connectivity index (χ0n) is 26.2. The van der Waals surface area contributed by atoms with E-state index in [2.05, 4.69) is 21.6 Å². The summed E-state index contributed by atoms with van der Waals surface area (Å²) in [5.41, 5.74) is 0.416. The molecule has 1 N–H and O–H groups in total. The number of thiophene rings is 1. The summed E-state index contributed by atoms with van der Waals surface area (Å²) in [6.45, 7) is 0. The van der Waals surface area contributed by atoms with E-state index in [1.807, 2.05) is 12.1 Å². The summed E-state index contributed by atoms with van der Waals surface area (Å²) in [6.07, 6.45) is 29.5. The number of carbonyl (C=O) groups excluding carboxylic acids is 2. The van der Waals surface area contributed by atoms with Crippen LogP contribution >= 0.6 is 23.1 Å². The highest BCUT2D eigenvalue weighted by atomic mass is 32.2. The number of nitrogens with zero attached hydrogens (tertiary/aromatic N) is 2. The van der Waals surface area contributed by atoms with Crippen LogP contribution < -0.4 is 4.90 Å². The molecule has 7 heteroatoms. The summed E-state index contributed by atoms with van der Waals surface area (Å²) in [5, 5.41) is 14.0. The SMILES string of the molecule is O=C1C(=O)/C(=C2/C=CC(=[N+](C3CCCCC3)C3CCCCC3)S2)C(O)=C1c1ccc(N(C2CCCCC2)C2CCCCC2)s1. The lowest BCUT2D eigenvalue weighted by molar-refractivity contribution is -0.604. The van der Waals surface area contributed by atoms with Crippen molar-refractivity contribution in [3.63, 3.8) is 0 Å². The third kappa shape index (κ3) is 6.04. The van der Waals surface area contributed by atoms with Crippen molar-refractivity contribution in [2.24, 2.45) is 0 Å². The van der Waals surface area contributed by atoms with Crippen molar-refractivity contribution in [1.82, 2.24) is 0 Å². The molecule has 0 atom stereocenters. The molecule has 6 aliphatic rings. The summed E-state index contributed by atoms with van der Waals surface area (Å²) in [5.74, 6) is -1.23. The van der Waals surface area contributed by atoms with Crippen LogP contribution in [-0.2, 0) is 9.59 Å². The third-order valence-electron chi connectivity index (χ3n) is 11.2. The van der Waals surface area contributed by atoms with Crippen LogP contribution in [0.15, 0.2) is 40.5 Å². The monoisotopic (exact) mass is 633 g/mol. The van der Waals surface area contributed by atoms with Gasteiger partial charge in [-0.15, -0.1) is 11.3 Å². The molecule has 0 spiro atoms. The zero-order chi connectivity index (χ0) is 30.0. The normalized spacial score (nSPS) is 26.8. The number of anilines is 1. The lowest BCUT2D eigenvalue weighted by Crippen LogP contribution is -2.45. The largest absolute Gasteiger partial charge is 0.506 e. The molecule has 0 aromatic carbocycles. The van der Waals surface area contributed by atoms with E-state index < -0.39 is 11.6 Å². The van der Waals surface area contributed by atoms with Crippen molar-refractivity contribution >= 4 is 50.3 Å². The Kier molecular flexibility index (Phi) is 9.51. The molecule has 4 fully saturated rings. The van der Waals surface area contributed by atoms with E-state index in [1.54, 1.807) is 23.1 Å². The average molecular weight is 634 g/mol. The van der Waals surface area contributed by atoms with Crippen LogP contribution in [0, 0.1) is 0 Å². The molecule has 1 aromatic heterocycles. The minimum absolute atomic E-state index is 0.120. The minimum Gasteiger partial charge on any atom is -0.506 e. The molecule has 0 saturated heterocycles. The molecule has 1 aromatic rings. The molecule has 0 amide bonds. The van der Waals surface area contributed by atoms with Gasteiger partial charge in [0.15, 0.2) is 12.1 Å². The van der Waals surface area contributed by atoms with E-state index in [0.717, 1.165) is 9.78 Å². The van der Waals surface area contributed by atoms with Crippen molar-refractivity contribution in [3.05, 3.63) is 45.4 Å². The molecule has 1 aliphatic heterocycles. The van der Waals surface area contributed by atoms with Gasteiger partial charge in [0.05, 0.1) is 16.1 Å². The molecular weight excluding hydrogens is 585 g/mol. The molecule has 4 saturated carbocycles. The predicted octanol–water partition coefficient (Wildman–Crippen LogP) is 9.27. The molecule has 0 unspecified atom stereocenters. The fourth-order valence-electron chi connectivity index (χ4n) is 8.98. The highest BCUT2D eigenvalue weighted by Gasteiger charge is 2.43. The topological polar surface area (TPSA) is 60.6 Å². The van der Waals surface area contributed by atoms with Gasteiger partial charge in [-0.2, -0.15) is 0 Å². The Morgan fingerprint density at radius 2 is 1.14 bits per heavy atom. The molecule has 236 valence electrons. The van der Waals surface area contributed by atoms with Crippen LogP contribution in [0.5, 0.6) is 0 Å². The maximum atomic E-state index is 13.5. The predicted molar refractivity (Wildman–Crippen MR) is 183 cm³/mol. The smallest absolute Gasteiger partial charge is 0.240 e. The number of thioether (sulfide) groups is 1. The summed E-state index contributed by atoms with van der Waals surface area (Å²) >= 11 is 3.19. The van der Waals surface area contributed by atoms with Crippen LogP contribution in [0.2, 0.25) is 0 Å². The van der Waals surface area contributed by atoms with Gasteiger partial charge in [-0.05, 0) is 81.3 Å². The Labute approximate surface area is 271 Å². The fourth-order valence-corrected chi connectivity index (χ4v) is 11.4. The van der Waals surface area contributed by atoms with Gasteiger partial charge in [0.1, 0.15) is 5.76 Å². The molecule has 44 heavy (non-hydrogen) atoms. The Balaban J connectivity index is 1.20. The van der Waals surface area contributed by atoms with Crippen molar-refractivity contribution in [1.29, 1.82) is 0 Å². The van der Waals surface area contributed by atoms with Crippen molar-refractivity contribution in [3.8, 4) is 0 Å². The lowest BCUT2D eigenvalue weighted by Gasteiger charge is -2.42. The fraction of sp³-hybridized carbons (Fsp3) is 0.649. The van der Waals surface area contributed by atoms with E-state index in [4.69, 9.17) is 0 Å². The van der Waals surface area contributed by atoms with Crippen LogP contribution in [0.3, 0.4) is 0 Å². The van der Waals surface area contributed by atoms with Crippen LogP contribution in [0.4, 0.5) is 5.00 Å². The number of allylic oxidation sites excluding steroid dienone is 3. The highest BCUT2D eigenvalue weighted by molar-refractivity contribution is 8.18. The Morgan fingerprint density at radius 3 is 1.68 bits per heavy atom. The first-order valence-corrected chi connectivity index (χ1v) is 19.4. The standard InChI is InChI=1S/C37H48N2O3S2/c40-35-33(29-21-23-31(43-29)38(25-13-5-1-6-14-25)26-15-7-2-8-16-26)36(41)37(42)34(35)30-22-24-32(44-30)39(27-17-9-3-10-18-27)28-19-11-4-12-20-28/h21-28H,1-20H2/p+1. The maximum Gasteiger partial charge on any atom is 0.240 e. The lowest BCUT2D eigenvalue weighted by atomic mass is 9.89. The average Bonchev–Trinajstić information content (AvgIpc) is 3.79. The second-order valence-corrected chi connectivity index (χ2v) is 16.1. The number of ketones is 2. The quantitative estimate of drug-likeness (QED) is 0.192. The first-order valence-electron chi connectivity index (χ1n) is 17.8. The zero-order valence-corrected chi connectivity index (χ0v) is 27.9. The maximum absolute atomic E-state index is 13.5. The molecule has 0 bridgehead atoms. The van der Waals surface area contributed by atoms with Gasteiger partial charge in [-0.1, -0.05) is 51.4 Å². The molecule has 2 heterocycles. The summed E-state index contributed by atoms with van der Waals surface area (Å²) in [4.78, 5) is 31.2. The summed E-state index contributed by atoms with van der Waals surface area (Å²) in [7, 11) is 0. The van der Waals surface area contributed by atoms with Crippen LogP contribution in [0.25, 0.3) is 5.57 Å². The van der Waals surface area contributed by atoms with Crippen molar-refractivity contribution in [2.45, 2.75) is 153 Å². The van der Waals surface area contributed by atoms with E-state index >= 15 is 0 Å². The minimum atomic E-state index is -0.556. The molecule has 0 radical (unpaired) electrons. The van der Waals surface area contributed by atoms with E-state index in [1.165, 1.54) is 138 Å². The van der Waals surface area contributed by atoms with Crippen molar-refractivity contribution in [2.75, 3.05) is 4.90 Å². The van der Waals surface area contributed by atoms with Crippen LogP contribution in [-0.4, -0.2) is 50.5 Å². The molecule has 5 aliphatic carbocycles. The number of carbonyl (C=O) groups is 2. The van der Waals surface area contributed by atoms with E-state index in [0.29, 0.717) is 24.2 Å². The Bertz CT molecular complexity index is 1340. The number of aliphatic hydroxyl groups excluding tert-OH is 1. The second-order valence-electron chi connectivity index (χ2n) is 14.0. The third-order valence-corrected chi connectivity index (χ3v) is 13.4. The number of Topliss-reactive ketones (excluding diaryl/α,β-unsaturated/α-hetero) is 2. The number of hydrogen-bond donors (Lipinski definition) is 1. The van der Waals surface area contributed by atoms with Crippen LogP contribution in [0.1, 0.15) is 133 Å². The van der Waals surface area contributed by atoms with Crippen molar-refractivity contribution < 1.29 is 19.3 Å². The Morgan fingerprint density at radius 1 is 0.636 bits per heavy atom. The van der Waals surface area contributed by atoms with Gasteiger partial charge in [0, 0.05) is 53.6 Å². The first-order chi connectivity index (χ1) is 21.6. The first kappa shape index (κ1) is 30.5. The van der Waals surface area contributed by atoms with Gasteiger partial charge < -0.3 is 10.0 Å². The van der Waals surface area contributed by atoms with Gasteiger partial charge in [-0.25, -0.2) is 4.58 Å². The van der Waals surface area contributed by atoms with Gasteiger partial charge >= 0.3 is 0 Å². The number of aliphatic hydroxyl groups is 1. The van der Waals surface area contributed by atoms with E-state index in [9.17, 15) is 14.7 Å². The molecule has 5 nitrogen and oxygen atoms in total. The molecular formula is C37H49N2O3S2+. The Hall–Kier alpha value is -2.12. The number of rotatable bonds is 6. The van der Waals surface area contributed by atoms with E-state index in [-0.39, 0.29) is 16.9 Å².